The molecule has 1 fully saturated rings. The van der Waals surface area contributed by atoms with Crippen molar-refractivity contribution in [1.82, 2.24) is 9.80 Å². The van der Waals surface area contributed by atoms with Crippen LogP contribution in [-0.4, -0.2) is 47.4 Å². The van der Waals surface area contributed by atoms with Gasteiger partial charge < -0.3 is 10.6 Å². The van der Waals surface area contributed by atoms with Crippen LogP contribution in [0.3, 0.4) is 0 Å². The van der Waals surface area contributed by atoms with Gasteiger partial charge in [0.25, 0.3) is 0 Å². The molecule has 1 aromatic carbocycles. The van der Waals surface area contributed by atoms with E-state index in [2.05, 4.69) is 36.1 Å². The van der Waals surface area contributed by atoms with E-state index in [9.17, 15) is 4.79 Å². The summed E-state index contributed by atoms with van der Waals surface area (Å²) in [4.78, 5) is 17.0. The number of piperidine rings is 1. The molecule has 2 atom stereocenters. The van der Waals surface area contributed by atoms with Gasteiger partial charge in [0.1, 0.15) is 0 Å². The first-order valence-electron chi connectivity index (χ1n) is 8.85. The van der Waals surface area contributed by atoms with Crippen LogP contribution < -0.4 is 5.73 Å². The van der Waals surface area contributed by atoms with E-state index >= 15 is 0 Å². The molecule has 0 spiro atoms. The number of likely N-dealkylation sites (N-methyl/N-ethyl adjacent to an activating group) is 1. The summed E-state index contributed by atoms with van der Waals surface area (Å²) in [7, 11) is 0. The van der Waals surface area contributed by atoms with E-state index in [-0.39, 0.29) is 17.9 Å². The lowest BCUT2D eigenvalue weighted by Crippen LogP contribution is -2.54. The van der Waals surface area contributed by atoms with Crippen LogP contribution in [0.15, 0.2) is 30.3 Å². The number of amides is 1. The van der Waals surface area contributed by atoms with Crippen molar-refractivity contribution in [3.8, 4) is 0 Å². The number of rotatable bonds is 6. The van der Waals surface area contributed by atoms with Gasteiger partial charge in [0.05, 0.1) is 6.04 Å². The first-order valence-corrected chi connectivity index (χ1v) is 8.85. The van der Waals surface area contributed by atoms with Gasteiger partial charge in [0.15, 0.2) is 0 Å². The number of hydrogen-bond donors (Lipinski definition) is 1. The van der Waals surface area contributed by atoms with Gasteiger partial charge in [-0.15, -0.1) is 0 Å². The summed E-state index contributed by atoms with van der Waals surface area (Å²) in [5.41, 5.74) is 7.39. The third-order valence-electron chi connectivity index (χ3n) is 4.86. The van der Waals surface area contributed by atoms with E-state index in [1.807, 2.05) is 24.8 Å². The highest BCUT2D eigenvalue weighted by Gasteiger charge is 2.30. The Labute approximate surface area is 140 Å². The van der Waals surface area contributed by atoms with Gasteiger partial charge in [-0.05, 0) is 30.9 Å². The average molecular weight is 317 g/mol. The normalized spacial score (nSPS) is 20.1. The molecule has 1 aliphatic heterocycles. The number of likely N-dealkylation sites (tertiary alicyclic amines) is 1. The number of carbonyl (C=O) groups is 1. The van der Waals surface area contributed by atoms with Crippen LogP contribution in [0.1, 0.15) is 39.2 Å². The van der Waals surface area contributed by atoms with Crippen molar-refractivity contribution < 1.29 is 4.79 Å². The van der Waals surface area contributed by atoms with E-state index in [1.54, 1.807) is 0 Å². The van der Waals surface area contributed by atoms with Gasteiger partial charge >= 0.3 is 0 Å². The minimum Gasteiger partial charge on any atom is -0.340 e. The fourth-order valence-electron chi connectivity index (χ4n) is 3.27. The van der Waals surface area contributed by atoms with E-state index in [1.165, 1.54) is 5.56 Å². The summed E-state index contributed by atoms with van der Waals surface area (Å²) in [6.07, 6.45) is 2.22. The monoisotopic (exact) mass is 317 g/mol. The molecule has 128 valence electrons. The Morgan fingerprint density at radius 2 is 2.04 bits per heavy atom. The predicted molar refractivity (Wildman–Crippen MR) is 94.9 cm³/mol. The largest absolute Gasteiger partial charge is 0.340 e. The molecule has 1 saturated heterocycles. The topological polar surface area (TPSA) is 49.6 Å². The fraction of sp³-hybridized carbons (Fsp3) is 0.632. The molecule has 1 aliphatic rings. The lowest BCUT2D eigenvalue weighted by Gasteiger charge is -2.40. The van der Waals surface area contributed by atoms with Gasteiger partial charge in [-0.3, -0.25) is 9.69 Å². The van der Waals surface area contributed by atoms with Crippen LogP contribution in [0.2, 0.25) is 0 Å². The molecule has 0 radical (unpaired) electrons. The lowest BCUT2D eigenvalue weighted by molar-refractivity contribution is -0.135. The van der Waals surface area contributed by atoms with Gasteiger partial charge in [0, 0.05) is 25.7 Å². The predicted octanol–water partition coefficient (Wildman–Crippen LogP) is 2.48. The number of nitrogens with zero attached hydrogens (tertiary/aromatic N) is 2. The first-order chi connectivity index (χ1) is 11.0. The van der Waals surface area contributed by atoms with Crippen LogP contribution >= 0.6 is 0 Å². The highest BCUT2D eigenvalue weighted by Crippen LogP contribution is 2.19. The molecule has 2 rings (SSSR count). The fourth-order valence-corrected chi connectivity index (χ4v) is 3.27. The van der Waals surface area contributed by atoms with Gasteiger partial charge in [-0.1, -0.05) is 51.1 Å². The Kier molecular flexibility index (Phi) is 6.60. The Morgan fingerprint density at radius 3 is 2.65 bits per heavy atom. The highest BCUT2D eigenvalue weighted by molar-refractivity contribution is 5.82. The number of hydrogen-bond acceptors (Lipinski definition) is 3. The molecule has 0 saturated carbocycles. The Bertz CT molecular complexity index is 489. The molecule has 4 nitrogen and oxygen atoms in total. The standard InChI is InChI=1S/C19H31N3O/c1-4-21(13-16-9-6-5-7-10-16)17-11-8-12-22(14-17)19(23)18(20)15(2)3/h5-7,9-10,15,17-18H,4,8,11-14,20H2,1-3H3/t17-,18?/m0/s1. The van der Waals surface area contributed by atoms with Crippen LogP contribution in [0.25, 0.3) is 0 Å². The maximum Gasteiger partial charge on any atom is 0.239 e. The molecule has 23 heavy (non-hydrogen) atoms. The Balaban J connectivity index is 1.99. The molecule has 0 bridgehead atoms. The highest BCUT2D eigenvalue weighted by atomic mass is 16.2. The maximum atomic E-state index is 12.5. The molecule has 4 heteroatoms. The molecule has 1 heterocycles. The second-order valence-corrected chi connectivity index (χ2v) is 6.90. The second kappa shape index (κ2) is 8.46. The van der Waals surface area contributed by atoms with Crippen molar-refractivity contribution >= 4 is 5.91 Å². The van der Waals surface area contributed by atoms with E-state index in [4.69, 9.17) is 5.73 Å². The van der Waals surface area contributed by atoms with Crippen LogP contribution in [0, 0.1) is 5.92 Å². The zero-order chi connectivity index (χ0) is 16.8. The van der Waals surface area contributed by atoms with E-state index in [0.717, 1.165) is 39.0 Å². The quantitative estimate of drug-likeness (QED) is 0.877. The zero-order valence-corrected chi connectivity index (χ0v) is 14.7. The molecule has 0 aliphatic carbocycles. The summed E-state index contributed by atoms with van der Waals surface area (Å²) in [5, 5.41) is 0. The van der Waals surface area contributed by atoms with E-state index in [0.29, 0.717) is 6.04 Å². The number of benzene rings is 1. The molecule has 1 aromatic rings. The van der Waals surface area contributed by atoms with Gasteiger partial charge in [0.2, 0.25) is 5.91 Å². The van der Waals surface area contributed by atoms with Crippen molar-refractivity contribution in [3.05, 3.63) is 35.9 Å². The lowest BCUT2D eigenvalue weighted by atomic mass is 9.99. The minimum absolute atomic E-state index is 0.112. The van der Waals surface area contributed by atoms with Crippen molar-refractivity contribution in [1.29, 1.82) is 0 Å². The molecular weight excluding hydrogens is 286 g/mol. The molecule has 0 aromatic heterocycles. The number of carbonyl (C=O) groups excluding carboxylic acids is 1. The smallest absolute Gasteiger partial charge is 0.239 e. The Hall–Kier alpha value is -1.39. The first kappa shape index (κ1) is 18.0. The maximum absolute atomic E-state index is 12.5. The molecule has 1 amide bonds. The average Bonchev–Trinajstić information content (AvgIpc) is 2.59. The van der Waals surface area contributed by atoms with Gasteiger partial charge in [-0.25, -0.2) is 0 Å². The van der Waals surface area contributed by atoms with Crippen molar-refractivity contribution in [2.24, 2.45) is 11.7 Å². The minimum atomic E-state index is -0.377. The molecule has 1 unspecified atom stereocenters. The zero-order valence-electron chi connectivity index (χ0n) is 14.7. The number of nitrogens with two attached hydrogens (primary N) is 1. The summed E-state index contributed by atoms with van der Waals surface area (Å²) in [6.45, 7) is 9.82. The van der Waals surface area contributed by atoms with Crippen molar-refractivity contribution in [2.75, 3.05) is 19.6 Å². The van der Waals surface area contributed by atoms with Crippen molar-refractivity contribution in [2.45, 2.75) is 52.2 Å². The summed E-state index contributed by atoms with van der Waals surface area (Å²) in [5.74, 6) is 0.301. The van der Waals surface area contributed by atoms with Crippen LogP contribution in [0.5, 0.6) is 0 Å². The molecule has 2 N–H and O–H groups in total. The van der Waals surface area contributed by atoms with Crippen LogP contribution in [0.4, 0.5) is 0 Å². The summed E-state index contributed by atoms with van der Waals surface area (Å²) >= 11 is 0. The third-order valence-corrected chi connectivity index (χ3v) is 4.86. The van der Waals surface area contributed by atoms with Gasteiger partial charge in [-0.2, -0.15) is 0 Å². The Morgan fingerprint density at radius 1 is 1.35 bits per heavy atom. The van der Waals surface area contributed by atoms with Crippen LogP contribution in [-0.2, 0) is 11.3 Å². The van der Waals surface area contributed by atoms with E-state index < -0.39 is 0 Å². The third kappa shape index (κ3) is 4.79. The van der Waals surface area contributed by atoms with Crippen molar-refractivity contribution in [3.63, 3.8) is 0 Å². The summed E-state index contributed by atoms with van der Waals surface area (Å²) < 4.78 is 0. The molecular formula is C19H31N3O. The summed E-state index contributed by atoms with van der Waals surface area (Å²) in [6, 6.07) is 10.6. The SMILES string of the molecule is CCN(Cc1ccccc1)[C@H]1CCCN(C(=O)C(N)C(C)C)C1. The second-order valence-electron chi connectivity index (χ2n) is 6.90.